The maximum absolute atomic E-state index is 14.0. The number of carbonyl (C=O) groups excluding carboxylic acids is 3. The Morgan fingerprint density at radius 1 is 0.909 bits per heavy atom. The predicted molar refractivity (Wildman–Crippen MR) is 293 cm³/mol. The lowest BCUT2D eigenvalue weighted by Crippen LogP contribution is -2.58. The Hall–Kier alpha value is -6.87. The van der Waals surface area contributed by atoms with E-state index in [9.17, 15) is 27.2 Å². The van der Waals surface area contributed by atoms with Gasteiger partial charge in [0.05, 0.1) is 28.3 Å². The van der Waals surface area contributed by atoms with Crippen LogP contribution >= 0.6 is 0 Å². The zero-order valence-corrected chi connectivity index (χ0v) is 45.8. The van der Waals surface area contributed by atoms with Crippen LogP contribution in [0.25, 0.3) is 10.9 Å². The monoisotopic (exact) mass is 1070 g/mol. The van der Waals surface area contributed by atoms with Gasteiger partial charge < -0.3 is 35.4 Å². The van der Waals surface area contributed by atoms with Crippen LogP contribution in [-0.2, 0) is 33.0 Å². The smallest absolute Gasteiger partial charge is 0.254 e. The molecular formula is C57H69FN12O6S. The molecule has 2 saturated heterocycles. The number of anilines is 3. The van der Waals surface area contributed by atoms with Crippen LogP contribution in [0.2, 0.25) is 0 Å². The lowest BCUT2D eigenvalue weighted by Gasteiger charge is -2.34. The zero-order chi connectivity index (χ0) is 54.4. The number of sulfone groups is 1. The molecule has 0 radical (unpaired) electrons. The number of hydrogen-bond acceptors (Lipinski definition) is 14. The lowest BCUT2D eigenvalue weighted by atomic mass is 9.91. The summed E-state index contributed by atoms with van der Waals surface area (Å²) in [6, 6.07) is 17.4. The Kier molecular flexibility index (Phi) is 15.0. The van der Waals surface area contributed by atoms with Crippen LogP contribution in [0.1, 0.15) is 108 Å². The van der Waals surface area contributed by atoms with Crippen molar-refractivity contribution >= 4 is 55.8 Å². The Balaban J connectivity index is 0.672. The molecule has 4 aliphatic rings. The second-order valence-corrected chi connectivity index (χ2v) is 25.3. The minimum Gasteiger partial charge on any atom is -0.492 e. The van der Waals surface area contributed by atoms with Crippen LogP contribution in [0.5, 0.6) is 5.75 Å². The van der Waals surface area contributed by atoms with Crippen molar-refractivity contribution in [2.75, 3.05) is 75.7 Å². The Morgan fingerprint density at radius 3 is 2.38 bits per heavy atom. The molecule has 7 heterocycles. The minimum absolute atomic E-state index is 0.0239. The van der Waals surface area contributed by atoms with Gasteiger partial charge in [0.2, 0.25) is 5.91 Å². The van der Waals surface area contributed by atoms with Gasteiger partial charge in [-0.2, -0.15) is 5.10 Å². The molecule has 3 amide bonds. The molecule has 10 rings (SSSR count). The summed E-state index contributed by atoms with van der Waals surface area (Å²) in [6.07, 6.45) is 5.55. The fourth-order valence-corrected chi connectivity index (χ4v) is 12.0. The van der Waals surface area contributed by atoms with Crippen molar-refractivity contribution in [2.24, 2.45) is 0 Å². The maximum Gasteiger partial charge on any atom is 0.254 e. The van der Waals surface area contributed by atoms with Crippen molar-refractivity contribution in [1.29, 1.82) is 0 Å². The molecule has 2 fully saturated rings. The van der Waals surface area contributed by atoms with E-state index in [0.29, 0.717) is 125 Å². The van der Waals surface area contributed by atoms with Crippen molar-refractivity contribution in [1.82, 2.24) is 50.5 Å². The number of hydrogen-bond donors (Lipinski definition) is 4. The number of fused-ring (bicyclic) bond motifs is 3. The van der Waals surface area contributed by atoms with E-state index in [-0.39, 0.29) is 58.3 Å². The third-order valence-corrected chi connectivity index (χ3v) is 18.1. The summed E-state index contributed by atoms with van der Waals surface area (Å²) in [5.74, 6) is 0.850. The third-order valence-electron chi connectivity index (χ3n) is 15.5. The summed E-state index contributed by atoms with van der Waals surface area (Å²) in [5.41, 5.74) is 7.74. The topological polar surface area (TPSA) is 211 Å². The summed E-state index contributed by atoms with van der Waals surface area (Å²) in [5, 5.41) is 18.3. The molecule has 18 nitrogen and oxygen atoms in total. The van der Waals surface area contributed by atoms with Gasteiger partial charge in [0, 0.05) is 129 Å². The van der Waals surface area contributed by atoms with Crippen LogP contribution < -0.4 is 25.6 Å². The van der Waals surface area contributed by atoms with E-state index in [2.05, 4.69) is 60.9 Å². The molecule has 3 aromatic heterocycles. The van der Waals surface area contributed by atoms with Gasteiger partial charge in [-0.05, 0) is 107 Å². The number of rotatable bonds is 16. The van der Waals surface area contributed by atoms with E-state index in [0.717, 1.165) is 39.3 Å². The Morgan fingerprint density at radius 2 is 1.66 bits per heavy atom. The SMILES string of the molecule is Cc1[nH]nc(Nc2ncnc3cc(OCCCN4CCN(C(=O)c5ccc6c(c5)C(=O)N(C[C@H]5CN[C@H](CCC(=O)N7CC(C)(C)c8ncc(Cc9ccc(F)cc9)cc87)CN5)C6)CC4)c(S(=O)(=O)C(C)(C)C)cc23)c1C. The number of carbonyl (C=O) groups is 3. The molecule has 4 N–H and O–H groups in total. The normalized spacial score (nSPS) is 18.7. The summed E-state index contributed by atoms with van der Waals surface area (Å²) >= 11 is 0. The van der Waals surface area contributed by atoms with Gasteiger partial charge >= 0.3 is 0 Å². The highest BCUT2D eigenvalue weighted by atomic mass is 32.2. The molecule has 2 atom stereocenters. The van der Waals surface area contributed by atoms with Gasteiger partial charge in [-0.25, -0.2) is 22.8 Å². The van der Waals surface area contributed by atoms with Gasteiger partial charge in [-0.3, -0.25) is 29.4 Å². The maximum atomic E-state index is 14.0. The molecule has 0 aliphatic carbocycles. The summed E-state index contributed by atoms with van der Waals surface area (Å²) in [7, 11) is -3.84. The average Bonchev–Trinajstić information content (AvgIpc) is 4.01. The number of piperazine rings is 2. The van der Waals surface area contributed by atoms with Crippen molar-refractivity contribution < 1.29 is 31.9 Å². The van der Waals surface area contributed by atoms with E-state index in [4.69, 9.17) is 9.72 Å². The number of pyridine rings is 1. The first kappa shape index (κ1) is 53.5. The van der Waals surface area contributed by atoms with Gasteiger partial charge in [-0.1, -0.05) is 32.0 Å². The average molecular weight is 1070 g/mol. The number of aromatic amines is 1. The molecule has 0 saturated carbocycles. The number of H-pyrrole nitrogens is 1. The van der Waals surface area contributed by atoms with Crippen LogP contribution in [0.4, 0.5) is 21.7 Å². The quantitative estimate of drug-likeness (QED) is 0.0751. The van der Waals surface area contributed by atoms with Crippen molar-refractivity contribution in [2.45, 2.75) is 108 Å². The number of halogens is 1. The molecule has 0 unspecified atom stereocenters. The standard InChI is InChI=1S/C57H69FN12O6S/c1-35-36(2)65-66-52(35)64-53-45-26-49(77(74,75)56(3,4)5)48(27-46(45)62-34-63-53)76-22-8-17-67-18-20-68(21-19-67)54(72)39-11-12-40-31-69(55(73)44(40)25-39)32-43-30-59-42(29-60-43)15-16-50(71)70-33-57(6,7)51-47(70)24-38(28-61-51)23-37-9-13-41(58)14-10-37/h9-14,24-28,34,42-43,59-60H,8,15-23,29-33H2,1-7H3,(H2,62,63,64,65,66)/t42-,43-/m1/s1. The number of amides is 3. The number of benzene rings is 3. The number of nitrogens with zero attached hydrogens (tertiary/aromatic N) is 8. The van der Waals surface area contributed by atoms with E-state index in [1.165, 1.54) is 18.5 Å². The molecule has 6 aromatic rings. The van der Waals surface area contributed by atoms with Gasteiger partial charge in [0.1, 0.15) is 28.6 Å². The van der Waals surface area contributed by atoms with Gasteiger partial charge in [0.25, 0.3) is 11.8 Å². The van der Waals surface area contributed by atoms with Crippen LogP contribution in [-0.4, -0.2) is 148 Å². The summed E-state index contributed by atoms with van der Waals surface area (Å²) < 4.78 is 46.6. The fraction of sp³-hybridized carbons (Fsp3) is 0.456. The predicted octanol–water partition coefficient (Wildman–Crippen LogP) is 6.63. The number of ether oxygens (including phenoxy) is 1. The molecule has 0 spiro atoms. The number of aryl methyl sites for hydroxylation is 1. The van der Waals surface area contributed by atoms with Crippen molar-refractivity contribution in [3.63, 3.8) is 0 Å². The molecule has 0 bridgehead atoms. The molecular weight excluding hydrogens is 1000 g/mol. The van der Waals surface area contributed by atoms with E-state index in [1.807, 2.05) is 46.9 Å². The molecule has 406 valence electrons. The van der Waals surface area contributed by atoms with Gasteiger partial charge in [-0.15, -0.1) is 0 Å². The highest BCUT2D eigenvalue weighted by Gasteiger charge is 2.40. The second-order valence-electron chi connectivity index (χ2n) is 22.6. The van der Waals surface area contributed by atoms with Gasteiger partial charge in [0.15, 0.2) is 15.7 Å². The number of aromatic nitrogens is 5. The van der Waals surface area contributed by atoms with Crippen molar-refractivity contribution in [3.8, 4) is 5.75 Å². The second kappa shape index (κ2) is 21.5. The Bertz CT molecular complexity index is 3330. The van der Waals surface area contributed by atoms with Crippen molar-refractivity contribution in [3.05, 3.63) is 124 Å². The largest absolute Gasteiger partial charge is 0.492 e. The zero-order valence-electron chi connectivity index (χ0n) is 45.0. The van der Waals surface area contributed by atoms with E-state index < -0.39 is 14.6 Å². The summed E-state index contributed by atoms with van der Waals surface area (Å²) in [4.78, 5) is 63.0. The van der Waals surface area contributed by atoms with Crippen LogP contribution in [0, 0.1) is 19.7 Å². The first-order valence-electron chi connectivity index (χ1n) is 26.6. The Labute approximate surface area is 449 Å². The molecule has 77 heavy (non-hydrogen) atoms. The fourth-order valence-electron chi connectivity index (χ4n) is 10.7. The first-order chi connectivity index (χ1) is 36.7. The molecule has 4 aliphatic heterocycles. The van der Waals surface area contributed by atoms with Crippen LogP contribution in [0.3, 0.4) is 0 Å². The molecule has 20 heteroatoms. The lowest BCUT2D eigenvalue weighted by molar-refractivity contribution is -0.118. The molecule has 3 aromatic carbocycles. The third kappa shape index (κ3) is 11.3. The highest BCUT2D eigenvalue weighted by Crippen LogP contribution is 2.41. The first-order valence-corrected chi connectivity index (χ1v) is 28.1. The number of nitrogens with one attached hydrogen (secondary N) is 4. The van der Waals surface area contributed by atoms with E-state index >= 15 is 0 Å². The minimum atomic E-state index is -3.84. The van der Waals surface area contributed by atoms with Crippen LogP contribution in [0.15, 0.2) is 78.1 Å². The summed E-state index contributed by atoms with van der Waals surface area (Å²) in [6.45, 7) is 19.3. The highest BCUT2D eigenvalue weighted by molar-refractivity contribution is 7.92. The van der Waals surface area contributed by atoms with E-state index in [1.54, 1.807) is 51.1 Å².